The average Bonchev–Trinajstić information content (AvgIpc) is 2.92. The first-order valence-electron chi connectivity index (χ1n) is 15.2. The fourth-order valence-electron chi connectivity index (χ4n) is 4.90. The Hall–Kier alpha value is -1.91. The Bertz CT molecular complexity index is 995. The number of hydrogen-bond acceptors (Lipinski definition) is 3. The predicted molar refractivity (Wildman–Crippen MR) is 167 cm³/mol. The zero-order valence-electron chi connectivity index (χ0n) is 24.3. The number of benzene rings is 2. The lowest BCUT2D eigenvalue weighted by atomic mass is 10.0. The van der Waals surface area contributed by atoms with Gasteiger partial charge in [-0.05, 0) is 48.9 Å². The van der Waals surface area contributed by atoms with Crippen LogP contribution >= 0.6 is 23.2 Å². The number of aromatic hydroxyl groups is 1. The van der Waals surface area contributed by atoms with Crippen molar-refractivity contribution in [2.24, 2.45) is 0 Å². The molecular formula is C33H49Cl2NO3. The first kappa shape index (κ1) is 33.3. The molecule has 0 aromatic heterocycles. The summed E-state index contributed by atoms with van der Waals surface area (Å²) in [6.45, 7) is 6.08. The molecule has 0 aliphatic carbocycles. The lowest BCUT2D eigenvalue weighted by molar-refractivity contribution is -0.122. The Morgan fingerprint density at radius 2 is 1.46 bits per heavy atom. The van der Waals surface area contributed by atoms with Crippen molar-refractivity contribution in [1.29, 1.82) is 0 Å². The molecule has 0 spiro atoms. The molecule has 6 heteroatoms. The Labute approximate surface area is 246 Å². The van der Waals surface area contributed by atoms with Crippen LogP contribution in [0.3, 0.4) is 0 Å². The second-order valence-electron chi connectivity index (χ2n) is 10.5. The van der Waals surface area contributed by atoms with Crippen LogP contribution in [0.2, 0.25) is 10.0 Å². The van der Waals surface area contributed by atoms with Crippen molar-refractivity contribution in [1.82, 2.24) is 0 Å². The maximum Gasteiger partial charge on any atom is 0.265 e. The van der Waals surface area contributed by atoms with Gasteiger partial charge in [-0.15, -0.1) is 0 Å². The number of rotatable bonds is 20. The van der Waals surface area contributed by atoms with Crippen LogP contribution in [0.5, 0.6) is 11.5 Å². The lowest BCUT2D eigenvalue weighted by Crippen LogP contribution is -2.32. The van der Waals surface area contributed by atoms with E-state index < -0.39 is 6.10 Å². The first-order valence-corrected chi connectivity index (χ1v) is 15.9. The minimum Gasteiger partial charge on any atom is -0.506 e. The molecule has 2 N–H and O–H groups in total. The van der Waals surface area contributed by atoms with Crippen LogP contribution in [-0.4, -0.2) is 17.1 Å². The fraction of sp³-hybridized carbons (Fsp3) is 0.606. The molecule has 0 saturated carbocycles. The minimum atomic E-state index is -0.715. The van der Waals surface area contributed by atoms with E-state index in [1.165, 1.54) is 88.7 Å². The number of anilines is 1. The van der Waals surface area contributed by atoms with Gasteiger partial charge in [-0.1, -0.05) is 133 Å². The number of nitrogens with one attached hydrogen (secondary N) is 1. The molecule has 1 unspecified atom stereocenters. The van der Waals surface area contributed by atoms with Crippen molar-refractivity contribution in [2.75, 3.05) is 5.32 Å². The summed E-state index contributed by atoms with van der Waals surface area (Å²) in [5, 5.41) is 13.7. The standard InChI is InChI=1S/C33H49Cl2NO3/c1-4-7-8-9-10-11-12-13-14-15-16-17-18-20-25-21-19-22-26(23-25)39-30(6-3)33(38)36-32-29(37)24-28(34)27(5-2)31(32)35/h19,21-24,30,37H,4-18,20H2,1-3H3,(H,36,38). The highest BCUT2D eigenvalue weighted by molar-refractivity contribution is 6.38. The topological polar surface area (TPSA) is 58.6 Å². The third-order valence-electron chi connectivity index (χ3n) is 7.30. The van der Waals surface area contributed by atoms with Gasteiger partial charge in [-0.2, -0.15) is 0 Å². The lowest BCUT2D eigenvalue weighted by Gasteiger charge is -2.19. The van der Waals surface area contributed by atoms with E-state index in [2.05, 4.69) is 18.3 Å². The molecule has 39 heavy (non-hydrogen) atoms. The molecule has 0 saturated heterocycles. The van der Waals surface area contributed by atoms with Gasteiger partial charge in [0.2, 0.25) is 0 Å². The van der Waals surface area contributed by atoms with E-state index in [4.69, 9.17) is 27.9 Å². The molecule has 0 heterocycles. The van der Waals surface area contributed by atoms with E-state index in [9.17, 15) is 9.90 Å². The second-order valence-corrected chi connectivity index (χ2v) is 11.3. The maximum atomic E-state index is 13.0. The van der Waals surface area contributed by atoms with Gasteiger partial charge in [0.1, 0.15) is 17.2 Å². The highest BCUT2D eigenvalue weighted by Gasteiger charge is 2.23. The van der Waals surface area contributed by atoms with E-state index in [-0.39, 0.29) is 22.4 Å². The first-order chi connectivity index (χ1) is 18.9. The Morgan fingerprint density at radius 1 is 0.872 bits per heavy atom. The molecular weight excluding hydrogens is 529 g/mol. The second kappa shape index (κ2) is 19.2. The minimum absolute atomic E-state index is 0.162. The Balaban J connectivity index is 1.73. The number of unbranched alkanes of at least 4 members (excludes halogenated alkanes) is 12. The summed E-state index contributed by atoms with van der Waals surface area (Å²) in [4.78, 5) is 13.0. The molecule has 2 aromatic rings. The van der Waals surface area contributed by atoms with Crippen LogP contribution in [-0.2, 0) is 17.6 Å². The zero-order chi connectivity index (χ0) is 28.5. The smallest absolute Gasteiger partial charge is 0.265 e. The summed E-state index contributed by atoms with van der Waals surface area (Å²) in [5.74, 6) is 0.149. The number of phenols is 1. The summed E-state index contributed by atoms with van der Waals surface area (Å²) >= 11 is 12.6. The molecule has 1 atom stereocenters. The number of phenolic OH excluding ortho intramolecular Hbond substituents is 1. The molecule has 0 bridgehead atoms. The number of hydrogen-bond donors (Lipinski definition) is 2. The predicted octanol–water partition coefficient (Wildman–Crippen LogP) is 10.7. The van der Waals surface area contributed by atoms with Crippen LogP contribution in [0.1, 0.15) is 122 Å². The van der Waals surface area contributed by atoms with Gasteiger partial charge in [-0.3, -0.25) is 4.79 Å². The summed E-state index contributed by atoms with van der Waals surface area (Å²) in [6.07, 6.45) is 18.9. The third kappa shape index (κ3) is 12.0. The Morgan fingerprint density at radius 3 is 2.03 bits per heavy atom. The normalized spacial score (nSPS) is 11.9. The van der Waals surface area contributed by atoms with Crippen molar-refractivity contribution < 1.29 is 14.6 Å². The van der Waals surface area contributed by atoms with Crippen molar-refractivity contribution in [2.45, 2.75) is 130 Å². The van der Waals surface area contributed by atoms with Crippen molar-refractivity contribution in [3.05, 3.63) is 51.5 Å². The van der Waals surface area contributed by atoms with E-state index in [1.807, 2.05) is 32.0 Å². The average molecular weight is 579 g/mol. The number of carbonyl (C=O) groups excluding carboxylic acids is 1. The molecule has 2 aromatic carbocycles. The van der Waals surface area contributed by atoms with Gasteiger partial charge in [0, 0.05) is 11.1 Å². The summed E-state index contributed by atoms with van der Waals surface area (Å²) in [5.41, 5.74) is 2.07. The van der Waals surface area contributed by atoms with Crippen molar-refractivity contribution >= 4 is 34.8 Å². The van der Waals surface area contributed by atoms with Crippen LogP contribution in [0.15, 0.2) is 30.3 Å². The number of amides is 1. The van der Waals surface area contributed by atoms with Gasteiger partial charge in [0.25, 0.3) is 5.91 Å². The molecule has 0 aliphatic heterocycles. The van der Waals surface area contributed by atoms with Gasteiger partial charge < -0.3 is 15.2 Å². The third-order valence-corrected chi connectivity index (χ3v) is 8.06. The van der Waals surface area contributed by atoms with Crippen LogP contribution in [0.4, 0.5) is 5.69 Å². The summed E-state index contributed by atoms with van der Waals surface area (Å²) in [6, 6.07) is 9.41. The number of aryl methyl sites for hydroxylation is 1. The van der Waals surface area contributed by atoms with Crippen LogP contribution in [0.25, 0.3) is 0 Å². The van der Waals surface area contributed by atoms with E-state index >= 15 is 0 Å². The molecule has 4 nitrogen and oxygen atoms in total. The van der Waals surface area contributed by atoms with E-state index in [0.717, 1.165) is 12.8 Å². The highest BCUT2D eigenvalue weighted by atomic mass is 35.5. The molecule has 218 valence electrons. The van der Waals surface area contributed by atoms with E-state index in [1.54, 1.807) is 0 Å². The van der Waals surface area contributed by atoms with E-state index in [0.29, 0.717) is 29.2 Å². The highest BCUT2D eigenvalue weighted by Crippen LogP contribution is 2.39. The van der Waals surface area contributed by atoms with Crippen LogP contribution in [0, 0.1) is 0 Å². The SMILES string of the molecule is CCCCCCCCCCCCCCCc1cccc(OC(CC)C(=O)Nc2c(O)cc(Cl)c(CC)c2Cl)c1. The quantitative estimate of drug-likeness (QED) is 0.121. The summed E-state index contributed by atoms with van der Waals surface area (Å²) in [7, 11) is 0. The number of halogens is 2. The maximum absolute atomic E-state index is 13.0. The number of carbonyl (C=O) groups is 1. The Kier molecular flexibility index (Phi) is 16.4. The van der Waals surface area contributed by atoms with Crippen molar-refractivity contribution in [3.8, 4) is 11.5 Å². The molecule has 0 aliphatic rings. The van der Waals surface area contributed by atoms with Gasteiger partial charge in [0.15, 0.2) is 6.10 Å². The van der Waals surface area contributed by atoms with Crippen LogP contribution < -0.4 is 10.1 Å². The largest absolute Gasteiger partial charge is 0.506 e. The monoisotopic (exact) mass is 577 g/mol. The fourth-order valence-corrected chi connectivity index (χ4v) is 5.66. The molecule has 0 fully saturated rings. The molecule has 0 radical (unpaired) electrons. The summed E-state index contributed by atoms with van der Waals surface area (Å²) < 4.78 is 6.05. The van der Waals surface area contributed by atoms with Crippen molar-refractivity contribution in [3.63, 3.8) is 0 Å². The molecule has 2 rings (SSSR count). The number of ether oxygens (including phenoxy) is 1. The van der Waals surface area contributed by atoms with Gasteiger partial charge >= 0.3 is 0 Å². The zero-order valence-corrected chi connectivity index (χ0v) is 25.8. The van der Waals surface area contributed by atoms with Gasteiger partial charge in [-0.25, -0.2) is 0 Å². The molecule has 1 amide bonds. The van der Waals surface area contributed by atoms with Gasteiger partial charge in [0.05, 0.1) is 5.02 Å².